The smallest absolute Gasteiger partial charge is 0.319 e. The number of piperazine rings is 1. The molecule has 248 valence electrons. The molecule has 4 fully saturated rings. The molecule has 3 N–H and O–H groups in total. The van der Waals surface area contributed by atoms with Gasteiger partial charge in [-0.3, -0.25) is 4.90 Å². The maximum absolute atomic E-state index is 17.2. The molecule has 7 heterocycles. The Labute approximate surface area is 275 Å². The van der Waals surface area contributed by atoms with Crippen molar-refractivity contribution in [3.05, 3.63) is 47.2 Å². The zero-order chi connectivity index (χ0) is 33.0. The number of nitrogens with zero attached hydrogens (tertiary/aromatic N) is 5. The van der Waals surface area contributed by atoms with Crippen molar-refractivity contribution in [3.8, 4) is 29.6 Å². The molecule has 4 aromatic rings. The van der Waals surface area contributed by atoms with E-state index in [1.54, 1.807) is 17.0 Å². The Morgan fingerprint density at radius 3 is 2.62 bits per heavy atom. The second kappa shape index (κ2) is 10.4. The van der Waals surface area contributed by atoms with Gasteiger partial charge >= 0.3 is 6.01 Å². The highest BCUT2D eigenvalue weighted by Crippen LogP contribution is 2.49. The van der Waals surface area contributed by atoms with Crippen molar-refractivity contribution >= 4 is 33.2 Å². The summed E-state index contributed by atoms with van der Waals surface area (Å²) in [4.78, 5) is 18.4. The van der Waals surface area contributed by atoms with Gasteiger partial charge in [-0.05, 0) is 81.6 Å². The van der Waals surface area contributed by atoms with E-state index in [1.807, 2.05) is 0 Å². The summed E-state index contributed by atoms with van der Waals surface area (Å²) in [6.07, 6.45) is 11.1. The fraction of sp³-hybridized carbons (Fsp3) is 0.472. The maximum Gasteiger partial charge on any atom is 0.319 e. The summed E-state index contributed by atoms with van der Waals surface area (Å²) >= 11 is 0. The second-order valence-corrected chi connectivity index (χ2v) is 14.2. The molecule has 0 spiro atoms. The van der Waals surface area contributed by atoms with Crippen molar-refractivity contribution in [2.24, 2.45) is 0 Å². The third-order valence-corrected chi connectivity index (χ3v) is 11.4. The van der Waals surface area contributed by atoms with Crippen LogP contribution in [-0.4, -0.2) is 69.3 Å². The number of aromatic nitrogens is 3. The van der Waals surface area contributed by atoms with Crippen molar-refractivity contribution in [3.63, 3.8) is 0 Å². The number of nitrogens with one attached hydrogen (secondary N) is 1. The molecule has 0 unspecified atom stereocenters. The first kappa shape index (κ1) is 29.9. The van der Waals surface area contributed by atoms with Crippen LogP contribution in [0, 0.1) is 24.0 Å². The van der Waals surface area contributed by atoms with E-state index in [0.29, 0.717) is 53.4 Å². The van der Waals surface area contributed by atoms with E-state index in [4.69, 9.17) is 26.9 Å². The third kappa shape index (κ3) is 4.33. The summed E-state index contributed by atoms with van der Waals surface area (Å²) in [5.74, 6) is -2.75. The highest BCUT2D eigenvalue weighted by atomic mass is 19.2. The normalized spacial score (nSPS) is 27.5. The molecule has 0 amide bonds. The number of benzene rings is 2. The lowest BCUT2D eigenvalue weighted by Gasteiger charge is -2.47. The van der Waals surface area contributed by atoms with Crippen LogP contribution in [0.25, 0.3) is 32.9 Å². The Balaban J connectivity index is 1.28. The zero-order valence-electron chi connectivity index (χ0n) is 26.4. The summed E-state index contributed by atoms with van der Waals surface area (Å²) in [6, 6.07) is 5.19. The van der Waals surface area contributed by atoms with Gasteiger partial charge in [0.05, 0.1) is 34.8 Å². The first-order valence-corrected chi connectivity index (χ1v) is 16.8. The number of hydrogen-bond donors (Lipinski definition) is 2. The number of hydrogen-bond acceptors (Lipinski definition) is 8. The van der Waals surface area contributed by atoms with Crippen molar-refractivity contribution in [1.82, 2.24) is 25.2 Å². The third-order valence-electron chi connectivity index (χ3n) is 11.4. The number of pyridine rings is 1. The number of aryl methyl sites for hydroxylation is 1. The molecule has 12 heteroatoms. The van der Waals surface area contributed by atoms with Gasteiger partial charge in [-0.15, -0.1) is 6.42 Å². The van der Waals surface area contributed by atoms with Crippen molar-refractivity contribution in [2.45, 2.75) is 81.0 Å². The van der Waals surface area contributed by atoms with Gasteiger partial charge in [-0.25, -0.2) is 27.9 Å². The minimum absolute atomic E-state index is 0.0153. The number of fused-ring (bicyclic) bond motifs is 7. The van der Waals surface area contributed by atoms with Crippen LogP contribution in [0.1, 0.15) is 62.6 Å². The second-order valence-electron chi connectivity index (χ2n) is 14.2. The maximum atomic E-state index is 17.2. The first-order chi connectivity index (χ1) is 23.1. The van der Waals surface area contributed by atoms with Gasteiger partial charge in [-0.1, -0.05) is 12.0 Å². The minimum Gasteiger partial charge on any atom is -0.461 e. The quantitative estimate of drug-likeness (QED) is 0.121. The van der Waals surface area contributed by atoms with Gasteiger partial charge in [0.1, 0.15) is 29.5 Å². The summed E-state index contributed by atoms with van der Waals surface area (Å²) in [5, 5.41) is 3.76. The van der Waals surface area contributed by atoms with Gasteiger partial charge in [0, 0.05) is 29.5 Å². The van der Waals surface area contributed by atoms with E-state index < -0.39 is 29.3 Å². The van der Waals surface area contributed by atoms with Gasteiger partial charge in [0.25, 0.3) is 0 Å². The minimum atomic E-state index is -1.97. The zero-order valence-corrected chi connectivity index (χ0v) is 26.4. The average Bonchev–Trinajstić information content (AvgIpc) is 3.72. The first-order valence-electron chi connectivity index (χ1n) is 16.8. The number of rotatable bonds is 4. The van der Waals surface area contributed by atoms with Crippen LogP contribution >= 0.6 is 0 Å². The number of alkyl halides is 2. The van der Waals surface area contributed by atoms with Crippen LogP contribution < -0.4 is 20.7 Å². The lowest BCUT2D eigenvalue weighted by Crippen LogP contribution is -2.68. The van der Waals surface area contributed by atoms with Crippen LogP contribution in [0.2, 0.25) is 0 Å². The van der Waals surface area contributed by atoms with Gasteiger partial charge in [-0.2, -0.15) is 9.97 Å². The van der Waals surface area contributed by atoms with Crippen LogP contribution in [0.4, 0.5) is 29.1 Å². The Morgan fingerprint density at radius 1 is 1.02 bits per heavy atom. The van der Waals surface area contributed by atoms with E-state index in [1.165, 1.54) is 12.1 Å². The SMILES string of the molecule is C#Cc1c(F)ccc2cc(N)cc(-c3nc4c5c(nc(OCC67CCCN6CCC7)nc5c3F)N3C[C@@]5(F)CC[C@](F)(N5)[C@H]3CCC4)c12. The van der Waals surface area contributed by atoms with E-state index in [-0.39, 0.29) is 59.1 Å². The van der Waals surface area contributed by atoms with Crippen LogP contribution in [0.3, 0.4) is 0 Å². The monoisotopic (exact) mass is 657 g/mol. The van der Waals surface area contributed by atoms with E-state index in [9.17, 15) is 0 Å². The molecule has 8 nitrogen and oxygen atoms in total. The largest absolute Gasteiger partial charge is 0.461 e. The van der Waals surface area contributed by atoms with Crippen LogP contribution in [-0.2, 0) is 6.42 Å². The van der Waals surface area contributed by atoms with Crippen LogP contribution in [0.15, 0.2) is 24.3 Å². The topological polar surface area (TPSA) is 92.4 Å². The Bertz CT molecular complexity index is 2060. The van der Waals surface area contributed by atoms with Crippen molar-refractivity contribution < 1.29 is 22.3 Å². The Morgan fingerprint density at radius 2 is 1.83 bits per heavy atom. The van der Waals surface area contributed by atoms with Gasteiger partial charge in [0.15, 0.2) is 17.4 Å². The van der Waals surface area contributed by atoms with Gasteiger partial charge < -0.3 is 15.4 Å². The average molecular weight is 658 g/mol. The fourth-order valence-corrected chi connectivity index (χ4v) is 9.23. The summed E-state index contributed by atoms with van der Waals surface area (Å²) in [5.41, 5.74) is 6.95. The number of halogens is 4. The molecular formula is C36H35F4N7O. The summed E-state index contributed by atoms with van der Waals surface area (Å²) < 4.78 is 71.0. The number of ether oxygens (including phenoxy) is 1. The van der Waals surface area contributed by atoms with Gasteiger partial charge in [0.2, 0.25) is 0 Å². The number of terminal acetylenes is 1. The van der Waals surface area contributed by atoms with Crippen LogP contribution in [0.5, 0.6) is 6.01 Å². The molecule has 0 saturated carbocycles. The highest BCUT2D eigenvalue weighted by molar-refractivity contribution is 6.04. The summed E-state index contributed by atoms with van der Waals surface area (Å²) in [7, 11) is 0. The highest BCUT2D eigenvalue weighted by Gasteiger charge is 2.60. The molecule has 4 saturated heterocycles. The Hall–Kier alpha value is -4.21. The lowest BCUT2D eigenvalue weighted by atomic mass is 9.91. The van der Waals surface area contributed by atoms with E-state index in [2.05, 4.69) is 21.1 Å². The molecule has 5 aliphatic rings. The molecule has 2 aromatic carbocycles. The molecule has 0 aliphatic carbocycles. The Kier molecular flexibility index (Phi) is 6.47. The molecule has 48 heavy (non-hydrogen) atoms. The summed E-state index contributed by atoms with van der Waals surface area (Å²) in [6.45, 7) is 2.14. The van der Waals surface area contributed by atoms with E-state index >= 15 is 17.6 Å². The molecule has 0 radical (unpaired) electrons. The van der Waals surface area contributed by atoms with Crippen molar-refractivity contribution in [2.75, 3.05) is 36.9 Å². The standard InChI is InChI=1S/C36H35F4N7O/c1-2-22-24(37)9-8-20-16-21(41)17-23(27(20)22)30-29(38)31-28-25(42-30)6-3-7-26-36(40)13-12-35(39,45-36)18-47(26)32(28)44-33(43-31)48-19-34-10-4-14-46(34)15-5-11-34/h1,8-9,16-17,26,45H,3-7,10-15,18-19,41H2/t26-,35-,36+/m1/s1. The molecule has 9 rings (SSSR count). The molecule has 5 aliphatic heterocycles. The number of anilines is 2. The van der Waals surface area contributed by atoms with E-state index in [0.717, 1.165) is 38.8 Å². The molecule has 3 atom stereocenters. The predicted molar refractivity (Wildman–Crippen MR) is 175 cm³/mol. The number of nitrogen functional groups attached to an aromatic ring is 1. The molecular weight excluding hydrogens is 622 g/mol. The molecule has 2 bridgehead atoms. The molecule has 2 aromatic heterocycles. The van der Waals surface area contributed by atoms with Crippen molar-refractivity contribution in [1.29, 1.82) is 0 Å². The fourth-order valence-electron chi connectivity index (χ4n) is 9.23. The predicted octanol–water partition coefficient (Wildman–Crippen LogP) is 5.93. The number of nitrogens with two attached hydrogens (primary N) is 1. The lowest BCUT2D eigenvalue weighted by molar-refractivity contribution is 0.00892.